The Kier molecular flexibility index (Phi) is 5.18. The zero-order chi connectivity index (χ0) is 20.0. The SMILES string of the molecule is CNc1ccc2nc3c(NC)ccc(C)c3[n+](-c3ccc4ccccc4c3)c2c1.[Cl-]. The van der Waals surface area contributed by atoms with Crippen LogP contribution in [0.2, 0.25) is 0 Å². The van der Waals surface area contributed by atoms with Crippen LogP contribution in [0.5, 0.6) is 0 Å². The molecule has 0 atom stereocenters. The molecular formula is C25H23ClN4. The highest BCUT2D eigenvalue weighted by Crippen LogP contribution is 2.28. The van der Waals surface area contributed by atoms with Crippen molar-refractivity contribution >= 4 is 44.2 Å². The van der Waals surface area contributed by atoms with Crippen molar-refractivity contribution < 1.29 is 17.0 Å². The summed E-state index contributed by atoms with van der Waals surface area (Å²) in [5.41, 5.74) is 8.55. The molecule has 4 nitrogen and oxygen atoms in total. The highest BCUT2D eigenvalue weighted by molar-refractivity contribution is 5.93. The zero-order valence-corrected chi connectivity index (χ0v) is 18.0. The molecule has 30 heavy (non-hydrogen) atoms. The quantitative estimate of drug-likeness (QED) is 0.351. The van der Waals surface area contributed by atoms with Crippen molar-refractivity contribution in [2.45, 2.75) is 6.92 Å². The minimum absolute atomic E-state index is 0. The van der Waals surface area contributed by atoms with E-state index in [0.717, 1.165) is 39.1 Å². The molecule has 1 heterocycles. The highest BCUT2D eigenvalue weighted by Gasteiger charge is 2.23. The van der Waals surface area contributed by atoms with Gasteiger partial charge in [0.2, 0.25) is 16.7 Å². The van der Waals surface area contributed by atoms with Crippen LogP contribution in [0.4, 0.5) is 11.4 Å². The number of aryl methyl sites for hydroxylation is 1. The van der Waals surface area contributed by atoms with Gasteiger partial charge in [0.05, 0.1) is 5.69 Å². The van der Waals surface area contributed by atoms with E-state index in [0.29, 0.717) is 0 Å². The molecule has 0 unspecified atom stereocenters. The molecule has 5 rings (SSSR count). The molecule has 0 saturated heterocycles. The topological polar surface area (TPSA) is 40.8 Å². The largest absolute Gasteiger partial charge is 1.00 e. The number of benzene rings is 4. The van der Waals surface area contributed by atoms with Gasteiger partial charge in [-0.25, -0.2) is 4.98 Å². The van der Waals surface area contributed by atoms with Gasteiger partial charge < -0.3 is 23.0 Å². The molecule has 0 fully saturated rings. The van der Waals surface area contributed by atoms with E-state index >= 15 is 0 Å². The van der Waals surface area contributed by atoms with Gasteiger partial charge in [0.25, 0.3) is 0 Å². The van der Waals surface area contributed by atoms with Crippen molar-refractivity contribution in [1.82, 2.24) is 4.98 Å². The molecule has 2 N–H and O–H groups in total. The number of fused-ring (bicyclic) bond motifs is 3. The fourth-order valence-corrected chi connectivity index (χ4v) is 4.06. The standard InChI is InChI=1S/C25H22N4.ClH/c1-16-8-12-22(27-3)24-25(16)29(23-15-19(26-2)10-13-21(23)28-24)20-11-9-17-6-4-5-7-18(17)14-20;/h4-15H,1-3H3,(H,26,27);1H. The summed E-state index contributed by atoms with van der Waals surface area (Å²) in [7, 11) is 3.89. The number of rotatable bonds is 3. The van der Waals surface area contributed by atoms with Crippen LogP contribution >= 0.6 is 0 Å². The fourth-order valence-electron chi connectivity index (χ4n) is 4.06. The van der Waals surface area contributed by atoms with Gasteiger partial charge in [0.1, 0.15) is 5.52 Å². The van der Waals surface area contributed by atoms with Gasteiger partial charge in [0, 0.05) is 43.5 Å². The summed E-state index contributed by atoms with van der Waals surface area (Å²) in [6.45, 7) is 2.15. The van der Waals surface area contributed by atoms with Crippen LogP contribution in [-0.2, 0) is 0 Å². The third-order valence-electron chi connectivity index (χ3n) is 5.57. The van der Waals surface area contributed by atoms with Crippen LogP contribution < -0.4 is 27.6 Å². The first kappa shape index (κ1) is 19.9. The molecule has 0 radical (unpaired) electrons. The first-order chi connectivity index (χ1) is 14.2. The summed E-state index contributed by atoms with van der Waals surface area (Å²) in [5.74, 6) is 0. The molecule has 150 valence electrons. The van der Waals surface area contributed by atoms with E-state index in [2.05, 4.69) is 94.9 Å². The molecule has 0 amide bonds. The van der Waals surface area contributed by atoms with Crippen LogP contribution in [0.25, 0.3) is 38.5 Å². The predicted molar refractivity (Wildman–Crippen MR) is 122 cm³/mol. The summed E-state index contributed by atoms with van der Waals surface area (Å²) in [4.78, 5) is 5.02. The lowest BCUT2D eigenvalue weighted by molar-refractivity contribution is -0.538. The number of nitrogens with one attached hydrogen (secondary N) is 2. The first-order valence-corrected chi connectivity index (χ1v) is 9.83. The average Bonchev–Trinajstić information content (AvgIpc) is 2.77. The van der Waals surface area contributed by atoms with Gasteiger partial charge in [-0.15, -0.1) is 4.57 Å². The number of anilines is 2. The van der Waals surface area contributed by atoms with Gasteiger partial charge in [-0.3, -0.25) is 0 Å². The third-order valence-corrected chi connectivity index (χ3v) is 5.57. The molecule has 4 aromatic carbocycles. The normalized spacial score (nSPS) is 10.9. The molecule has 5 heteroatoms. The van der Waals surface area contributed by atoms with E-state index in [1.165, 1.54) is 16.3 Å². The van der Waals surface area contributed by atoms with Gasteiger partial charge >= 0.3 is 0 Å². The lowest BCUT2D eigenvalue weighted by Gasteiger charge is -2.11. The van der Waals surface area contributed by atoms with Crippen LogP contribution in [0, 0.1) is 6.92 Å². The molecular weight excluding hydrogens is 392 g/mol. The minimum atomic E-state index is 0. The number of aromatic nitrogens is 2. The molecule has 0 spiro atoms. The molecule has 0 bridgehead atoms. The maximum absolute atomic E-state index is 5.02. The van der Waals surface area contributed by atoms with Crippen molar-refractivity contribution in [3.8, 4) is 5.69 Å². The molecule has 0 saturated carbocycles. The van der Waals surface area contributed by atoms with Gasteiger partial charge in [-0.1, -0.05) is 30.3 Å². The Morgan fingerprint density at radius 2 is 1.60 bits per heavy atom. The van der Waals surface area contributed by atoms with Crippen molar-refractivity contribution in [2.75, 3.05) is 24.7 Å². The summed E-state index contributed by atoms with van der Waals surface area (Å²) in [6.07, 6.45) is 0. The second-order valence-electron chi connectivity index (χ2n) is 7.31. The van der Waals surface area contributed by atoms with Crippen molar-refractivity contribution in [1.29, 1.82) is 0 Å². The Morgan fingerprint density at radius 1 is 0.800 bits per heavy atom. The van der Waals surface area contributed by atoms with E-state index < -0.39 is 0 Å². The maximum Gasteiger partial charge on any atom is 0.242 e. The van der Waals surface area contributed by atoms with E-state index in [4.69, 9.17) is 4.98 Å². The number of hydrogen-bond acceptors (Lipinski definition) is 3. The Bertz CT molecular complexity index is 1400. The Balaban J connectivity index is 0.00000218. The average molecular weight is 415 g/mol. The lowest BCUT2D eigenvalue weighted by atomic mass is 10.1. The minimum Gasteiger partial charge on any atom is -1.00 e. The van der Waals surface area contributed by atoms with Crippen molar-refractivity contribution in [2.24, 2.45) is 0 Å². The van der Waals surface area contributed by atoms with Crippen LogP contribution in [0.1, 0.15) is 5.56 Å². The molecule has 1 aromatic heterocycles. The predicted octanol–water partition coefficient (Wildman–Crippen LogP) is 2.21. The summed E-state index contributed by atoms with van der Waals surface area (Å²) in [6, 6.07) is 25.7. The highest BCUT2D eigenvalue weighted by atomic mass is 35.5. The van der Waals surface area contributed by atoms with Crippen molar-refractivity contribution in [3.05, 3.63) is 78.4 Å². The lowest BCUT2D eigenvalue weighted by Crippen LogP contribution is -3.00. The van der Waals surface area contributed by atoms with Crippen LogP contribution in [0.3, 0.4) is 0 Å². The molecule has 0 aliphatic heterocycles. The Hall–Kier alpha value is -3.37. The number of halogens is 1. The second-order valence-corrected chi connectivity index (χ2v) is 7.31. The summed E-state index contributed by atoms with van der Waals surface area (Å²) < 4.78 is 2.33. The van der Waals surface area contributed by atoms with E-state index in [-0.39, 0.29) is 12.4 Å². The fraction of sp³-hybridized carbons (Fsp3) is 0.120. The zero-order valence-electron chi connectivity index (χ0n) is 17.2. The van der Waals surface area contributed by atoms with E-state index in [1.54, 1.807) is 0 Å². The van der Waals surface area contributed by atoms with Crippen molar-refractivity contribution in [3.63, 3.8) is 0 Å². The maximum atomic E-state index is 5.02. The molecule has 0 aliphatic carbocycles. The smallest absolute Gasteiger partial charge is 0.242 e. The first-order valence-electron chi connectivity index (χ1n) is 9.83. The van der Waals surface area contributed by atoms with Gasteiger partial charge in [-0.2, -0.15) is 0 Å². The third kappa shape index (κ3) is 3.10. The Morgan fingerprint density at radius 3 is 2.37 bits per heavy atom. The van der Waals surface area contributed by atoms with Crippen LogP contribution in [-0.4, -0.2) is 19.1 Å². The number of nitrogens with zero attached hydrogens (tertiary/aromatic N) is 2. The summed E-state index contributed by atoms with van der Waals surface area (Å²) in [5, 5.41) is 9.03. The van der Waals surface area contributed by atoms with E-state index in [9.17, 15) is 0 Å². The molecule has 5 aromatic rings. The number of hydrogen-bond donors (Lipinski definition) is 2. The Labute approximate surface area is 182 Å². The van der Waals surface area contributed by atoms with Gasteiger partial charge in [0.15, 0.2) is 5.52 Å². The monoisotopic (exact) mass is 414 g/mol. The summed E-state index contributed by atoms with van der Waals surface area (Å²) >= 11 is 0. The van der Waals surface area contributed by atoms with E-state index in [1.807, 2.05) is 14.1 Å². The second kappa shape index (κ2) is 7.81. The molecule has 0 aliphatic rings. The van der Waals surface area contributed by atoms with Gasteiger partial charge in [-0.05, 0) is 42.0 Å². The van der Waals surface area contributed by atoms with Crippen LogP contribution in [0.15, 0.2) is 72.8 Å².